The number of nitrogens with one attached hydrogen (secondary N) is 1. The number of carbonyl (C=O) groups excluding carboxylic acids is 1. The van der Waals surface area contributed by atoms with Crippen LogP contribution in [0, 0.1) is 5.41 Å². The van der Waals surface area contributed by atoms with E-state index in [0.29, 0.717) is 18.1 Å². The van der Waals surface area contributed by atoms with Crippen molar-refractivity contribution in [2.24, 2.45) is 11.1 Å². The first-order chi connectivity index (χ1) is 10.2. The maximum atomic E-state index is 12.7. The van der Waals surface area contributed by atoms with E-state index in [1.165, 1.54) is 0 Å². The molecule has 1 aliphatic rings. The van der Waals surface area contributed by atoms with Gasteiger partial charge in [-0.3, -0.25) is 4.79 Å². The van der Waals surface area contributed by atoms with E-state index in [-0.39, 0.29) is 23.5 Å². The quantitative estimate of drug-likeness (QED) is 0.875. The Morgan fingerprint density at radius 3 is 2.77 bits per heavy atom. The van der Waals surface area contributed by atoms with Crippen LogP contribution in [0.3, 0.4) is 0 Å². The van der Waals surface area contributed by atoms with Crippen LogP contribution in [0.2, 0.25) is 5.02 Å². The van der Waals surface area contributed by atoms with Crippen LogP contribution < -0.4 is 11.1 Å². The molecular formula is C17H25ClN2O2. The van der Waals surface area contributed by atoms with E-state index in [1.807, 2.05) is 52.0 Å². The minimum absolute atomic E-state index is 0.0229. The summed E-state index contributed by atoms with van der Waals surface area (Å²) in [6, 6.07) is 7.33. The Bertz CT molecular complexity index is 561. The van der Waals surface area contributed by atoms with Crippen molar-refractivity contribution in [2.75, 3.05) is 6.61 Å². The Kier molecular flexibility index (Phi) is 4.85. The highest BCUT2D eigenvalue weighted by Crippen LogP contribution is 2.50. The minimum Gasteiger partial charge on any atom is -0.378 e. The molecule has 1 aromatic carbocycles. The SMILES string of the molecule is CCOC1CC(N)(C(=O)N[C@H](C)c2cccc(Cl)c2)C1(C)C. The molecule has 0 saturated heterocycles. The molecule has 0 heterocycles. The smallest absolute Gasteiger partial charge is 0.241 e. The van der Waals surface area contributed by atoms with Crippen molar-refractivity contribution < 1.29 is 9.53 Å². The Morgan fingerprint density at radius 1 is 1.55 bits per heavy atom. The Labute approximate surface area is 137 Å². The van der Waals surface area contributed by atoms with Gasteiger partial charge in [-0.15, -0.1) is 0 Å². The van der Waals surface area contributed by atoms with Crippen molar-refractivity contribution in [2.45, 2.75) is 51.8 Å². The normalized spacial score (nSPS) is 27.8. The zero-order chi connectivity index (χ0) is 16.5. The van der Waals surface area contributed by atoms with Crippen LogP contribution in [-0.2, 0) is 9.53 Å². The molecule has 3 atom stereocenters. The first kappa shape index (κ1) is 17.3. The number of benzene rings is 1. The van der Waals surface area contributed by atoms with Crippen molar-refractivity contribution in [3.8, 4) is 0 Å². The van der Waals surface area contributed by atoms with E-state index < -0.39 is 5.54 Å². The van der Waals surface area contributed by atoms with Gasteiger partial charge >= 0.3 is 0 Å². The van der Waals surface area contributed by atoms with Crippen LogP contribution >= 0.6 is 11.6 Å². The van der Waals surface area contributed by atoms with E-state index in [2.05, 4.69) is 5.32 Å². The number of ether oxygens (including phenoxy) is 1. The second-order valence-electron chi connectivity index (χ2n) is 6.59. The van der Waals surface area contributed by atoms with Crippen molar-refractivity contribution in [3.05, 3.63) is 34.9 Å². The summed E-state index contributed by atoms with van der Waals surface area (Å²) < 4.78 is 5.67. The maximum Gasteiger partial charge on any atom is 0.241 e. The molecule has 1 fully saturated rings. The van der Waals surface area contributed by atoms with Crippen LogP contribution in [0.15, 0.2) is 24.3 Å². The number of rotatable bonds is 5. The summed E-state index contributed by atoms with van der Waals surface area (Å²) in [7, 11) is 0. The zero-order valence-corrected chi connectivity index (χ0v) is 14.4. The highest BCUT2D eigenvalue weighted by atomic mass is 35.5. The number of hydrogen-bond donors (Lipinski definition) is 2. The van der Waals surface area contributed by atoms with E-state index in [9.17, 15) is 4.79 Å². The largest absolute Gasteiger partial charge is 0.378 e. The topological polar surface area (TPSA) is 64.3 Å². The summed E-state index contributed by atoms with van der Waals surface area (Å²) in [6.45, 7) is 8.48. The summed E-state index contributed by atoms with van der Waals surface area (Å²) in [5, 5.41) is 3.66. The summed E-state index contributed by atoms with van der Waals surface area (Å²) in [6.07, 6.45) is 0.566. The van der Waals surface area contributed by atoms with Gasteiger partial charge in [0.15, 0.2) is 0 Å². The lowest BCUT2D eigenvalue weighted by molar-refractivity contribution is -0.171. The highest BCUT2D eigenvalue weighted by molar-refractivity contribution is 6.30. The molecule has 1 aromatic rings. The molecule has 4 nitrogen and oxygen atoms in total. The van der Waals surface area contributed by atoms with Gasteiger partial charge in [0.25, 0.3) is 0 Å². The molecule has 0 aromatic heterocycles. The van der Waals surface area contributed by atoms with Gasteiger partial charge in [0.2, 0.25) is 5.91 Å². The second-order valence-corrected chi connectivity index (χ2v) is 7.03. The van der Waals surface area contributed by atoms with Gasteiger partial charge in [-0.05, 0) is 31.5 Å². The van der Waals surface area contributed by atoms with Gasteiger partial charge in [-0.1, -0.05) is 37.6 Å². The third-order valence-electron chi connectivity index (χ3n) is 4.93. The molecule has 2 unspecified atom stereocenters. The van der Waals surface area contributed by atoms with E-state index >= 15 is 0 Å². The first-order valence-electron chi connectivity index (χ1n) is 7.69. The summed E-state index contributed by atoms with van der Waals surface area (Å²) >= 11 is 6.00. The standard InChI is InChI=1S/C17H25ClN2O2/c1-5-22-14-10-17(19,16(14,3)4)15(21)20-11(2)12-7-6-8-13(18)9-12/h6-9,11,14H,5,10,19H2,1-4H3,(H,20,21)/t11-,14?,17?/m1/s1. The van der Waals surface area contributed by atoms with Gasteiger partial charge in [-0.2, -0.15) is 0 Å². The highest BCUT2D eigenvalue weighted by Gasteiger charge is 2.62. The van der Waals surface area contributed by atoms with Crippen LogP contribution in [0.25, 0.3) is 0 Å². The lowest BCUT2D eigenvalue weighted by atomic mass is 9.54. The molecule has 1 aliphatic carbocycles. The molecule has 122 valence electrons. The number of carbonyl (C=O) groups is 1. The molecule has 0 aliphatic heterocycles. The van der Waals surface area contributed by atoms with Gasteiger partial charge in [0.1, 0.15) is 5.54 Å². The Hall–Kier alpha value is -1.10. The molecule has 0 radical (unpaired) electrons. The Balaban J connectivity index is 2.06. The van der Waals surface area contributed by atoms with E-state index in [0.717, 1.165) is 5.56 Å². The fraction of sp³-hybridized carbons (Fsp3) is 0.588. The number of hydrogen-bond acceptors (Lipinski definition) is 3. The summed E-state index contributed by atoms with van der Waals surface area (Å²) in [5.41, 5.74) is 6.05. The predicted octanol–water partition coefficient (Wildman–Crippen LogP) is 3.05. The van der Waals surface area contributed by atoms with Crippen LogP contribution in [0.5, 0.6) is 0 Å². The minimum atomic E-state index is -0.903. The molecule has 1 saturated carbocycles. The van der Waals surface area contributed by atoms with Crippen molar-refractivity contribution in [3.63, 3.8) is 0 Å². The average molecular weight is 325 g/mol. The van der Waals surface area contributed by atoms with E-state index in [1.54, 1.807) is 0 Å². The lowest BCUT2D eigenvalue weighted by Crippen LogP contribution is -2.75. The molecule has 0 bridgehead atoms. The fourth-order valence-corrected chi connectivity index (χ4v) is 3.20. The van der Waals surface area contributed by atoms with Gasteiger partial charge in [0.05, 0.1) is 12.1 Å². The van der Waals surface area contributed by atoms with Gasteiger partial charge in [0, 0.05) is 23.5 Å². The maximum absolute atomic E-state index is 12.7. The fourth-order valence-electron chi connectivity index (χ4n) is 3.01. The van der Waals surface area contributed by atoms with Crippen molar-refractivity contribution >= 4 is 17.5 Å². The predicted molar refractivity (Wildman–Crippen MR) is 88.7 cm³/mol. The molecule has 3 N–H and O–H groups in total. The first-order valence-corrected chi connectivity index (χ1v) is 8.07. The third-order valence-corrected chi connectivity index (χ3v) is 5.17. The van der Waals surface area contributed by atoms with Crippen molar-refractivity contribution in [1.82, 2.24) is 5.32 Å². The number of nitrogens with two attached hydrogens (primary N) is 1. The van der Waals surface area contributed by atoms with E-state index in [4.69, 9.17) is 22.1 Å². The Morgan fingerprint density at radius 2 is 2.23 bits per heavy atom. The number of halogens is 1. The monoisotopic (exact) mass is 324 g/mol. The lowest BCUT2D eigenvalue weighted by Gasteiger charge is -2.57. The van der Waals surface area contributed by atoms with Crippen molar-refractivity contribution in [1.29, 1.82) is 0 Å². The van der Waals surface area contributed by atoms with Crippen LogP contribution in [-0.4, -0.2) is 24.2 Å². The van der Waals surface area contributed by atoms with Gasteiger partial charge < -0.3 is 15.8 Å². The second kappa shape index (κ2) is 6.19. The molecule has 1 amide bonds. The third kappa shape index (κ3) is 2.87. The van der Waals surface area contributed by atoms with Crippen LogP contribution in [0.1, 0.15) is 45.7 Å². The molecule has 5 heteroatoms. The molecular weight excluding hydrogens is 300 g/mol. The summed E-state index contributed by atoms with van der Waals surface area (Å²) in [4.78, 5) is 12.7. The zero-order valence-electron chi connectivity index (χ0n) is 13.7. The van der Waals surface area contributed by atoms with Crippen LogP contribution in [0.4, 0.5) is 0 Å². The number of amides is 1. The molecule has 0 spiro atoms. The van der Waals surface area contributed by atoms with Gasteiger partial charge in [-0.25, -0.2) is 0 Å². The summed E-state index contributed by atoms with van der Waals surface area (Å²) in [5.74, 6) is -0.138. The average Bonchev–Trinajstić information content (AvgIpc) is 2.46. The molecule has 2 rings (SSSR count). The molecule has 22 heavy (non-hydrogen) atoms.